The number of rotatable bonds is 5. The summed E-state index contributed by atoms with van der Waals surface area (Å²) in [6.45, 7) is 0.652. The van der Waals surface area contributed by atoms with Crippen LogP contribution in [0.5, 0.6) is 0 Å². The molecule has 0 aliphatic heterocycles. The molecular weight excluding hydrogens is 248 g/mol. The van der Waals surface area contributed by atoms with Gasteiger partial charge in [-0.1, -0.05) is 0 Å². The number of anilines is 1. The summed E-state index contributed by atoms with van der Waals surface area (Å²) in [5, 5.41) is 18.5. The predicted molar refractivity (Wildman–Crippen MR) is 66.6 cm³/mol. The highest BCUT2D eigenvalue weighted by molar-refractivity contribution is 5.86. The molecule has 0 saturated carbocycles. The molecule has 0 amide bonds. The van der Waals surface area contributed by atoms with Crippen molar-refractivity contribution in [3.8, 4) is 0 Å². The number of carbonyl (C=O) groups excluding carboxylic acids is 1. The summed E-state index contributed by atoms with van der Waals surface area (Å²) in [6.07, 6.45) is 2.37. The molecule has 0 saturated heterocycles. The zero-order valence-electron chi connectivity index (χ0n) is 10.7. The Morgan fingerprint density at radius 2 is 2.21 bits per heavy atom. The van der Waals surface area contributed by atoms with Gasteiger partial charge < -0.3 is 14.6 Å². The largest absolute Gasteiger partial charge is 0.464 e. The van der Waals surface area contributed by atoms with Crippen molar-refractivity contribution in [2.45, 2.75) is 6.42 Å². The molecule has 0 atom stereocenters. The van der Waals surface area contributed by atoms with Gasteiger partial charge in [-0.05, 0) is 12.1 Å². The number of ether oxygens (including phenoxy) is 1. The summed E-state index contributed by atoms with van der Waals surface area (Å²) in [6, 6.07) is 3.24. The van der Waals surface area contributed by atoms with Crippen LogP contribution in [-0.2, 0) is 18.2 Å². The summed E-state index contributed by atoms with van der Waals surface area (Å²) < 4.78 is 6.39. The Morgan fingerprint density at radius 3 is 2.79 bits per heavy atom. The lowest BCUT2D eigenvalue weighted by Gasteiger charge is -2.04. The number of aromatic nitrogens is 5. The van der Waals surface area contributed by atoms with Gasteiger partial charge in [0.25, 0.3) is 0 Å². The number of methoxy groups -OCH3 is 1. The molecule has 0 fully saturated rings. The fourth-order valence-corrected chi connectivity index (χ4v) is 1.48. The van der Waals surface area contributed by atoms with Crippen LogP contribution in [0, 0.1) is 0 Å². The van der Waals surface area contributed by atoms with Crippen molar-refractivity contribution in [3.63, 3.8) is 0 Å². The van der Waals surface area contributed by atoms with Crippen LogP contribution in [0.4, 0.5) is 5.82 Å². The molecule has 0 unspecified atom stereocenters. The molecule has 2 aromatic heterocycles. The summed E-state index contributed by atoms with van der Waals surface area (Å²) in [7, 11) is 3.19. The van der Waals surface area contributed by atoms with Gasteiger partial charge in [-0.15, -0.1) is 20.4 Å². The molecule has 2 heterocycles. The number of hydrogen-bond donors (Lipinski definition) is 1. The maximum Gasteiger partial charge on any atom is 0.358 e. The molecule has 0 spiro atoms. The molecule has 2 rings (SSSR count). The molecule has 8 heteroatoms. The lowest BCUT2D eigenvalue weighted by molar-refractivity contribution is 0.0593. The molecule has 19 heavy (non-hydrogen) atoms. The number of aryl methyl sites for hydroxylation is 1. The van der Waals surface area contributed by atoms with Crippen LogP contribution in [0.2, 0.25) is 0 Å². The fourth-order valence-electron chi connectivity index (χ4n) is 1.48. The molecule has 100 valence electrons. The predicted octanol–water partition coefficient (Wildman–Crippen LogP) is 0.0463. The first kappa shape index (κ1) is 12.9. The Morgan fingerprint density at radius 1 is 1.37 bits per heavy atom. The monoisotopic (exact) mass is 262 g/mol. The highest BCUT2D eigenvalue weighted by atomic mass is 16.5. The third-order valence-electron chi connectivity index (χ3n) is 2.52. The summed E-state index contributed by atoms with van der Waals surface area (Å²) >= 11 is 0. The second-order valence-corrected chi connectivity index (χ2v) is 3.83. The van der Waals surface area contributed by atoms with Gasteiger partial charge in [0.05, 0.1) is 7.11 Å². The SMILES string of the molecule is COC(=O)c1ccc(NCCc2nncn2C)nn1. The Labute approximate surface area is 109 Å². The van der Waals surface area contributed by atoms with E-state index >= 15 is 0 Å². The fraction of sp³-hybridized carbons (Fsp3) is 0.364. The molecule has 0 aliphatic carbocycles. The zero-order valence-corrected chi connectivity index (χ0v) is 10.7. The van der Waals surface area contributed by atoms with E-state index in [1.807, 2.05) is 11.6 Å². The number of nitrogens with one attached hydrogen (secondary N) is 1. The third kappa shape index (κ3) is 3.24. The molecule has 2 aromatic rings. The standard InChI is InChI=1S/C11H14N6O2/c1-17-7-13-16-10(17)5-6-12-9-4-3-8(14-15-9)11(18)19-2/h3-4,7H,5-6H2,1-2H3,(H,12,15). The van der Waals surface area contributed by atoms with Gasteiger partial charge in [0, 0.05) is 20.0 Å². The van der Waals surface area contributed by atoms with Crippen molar-refractivity contribution in [2.75, 3.05) is 19.0 Å². The zero-order chi connectivity index (χ0) is 13.7. The average Bonchev–Trinajstić information content (AvgIpc) is 2.84. The van der Waals surface area contributed by atoms with E-state index in [1.54, 1.807) is 18.5 Å². The summed E-state index contributed by atoms with van der Waals surface area (Å²) in [5.74, 6) is 0.972. The van der Waals surface area contributed by atoms with Gasteiger partial charge in [0.2, 0.25) is 0 Å². The van der Waals surface area contributed by atoms with E-state index in [2.05, 4.69) is 30.4 Å². The minimum Gasteiger partial charge on any atom is -0.464 e. The second-order valence-electron chi connectivity index (χ2n) is 3.83. The van der Waals surface area contributed by atoms with Crippen molar-refractivity contribution < 1.29 is 9.53 Å². The van der Waals surface area contributed by atoms with Gasteiger partial charge in [-0.25, -0.2) is 4.79 Å². The highest BCUT2D eigenvalue weighted by Gasteiger charge is 2.07. The van der Waals surface area contributed by atoms with Gasteiger partial charge in [-0.2, -0.15) is 0 Å². The van der Waals surface area contributed by atoms with Crippen molar-refractivity contribution in [1.29, 1.82) is 0 Å². The van der Waals surface area contributed by atoms with Crippen LogP contribution < -0.4 is 5.32 Å². The molecule has 0 aliphatic rings. The van der Waals surface area contributed by atoms with Gasteiger partial charge >= 0.3 is 5.97 Å². The lowest BCUT2D eigenvalue weighted by atomic mass is 10.3. The van der Waals surface area contributed by atoms with Gasteiger partial charge in [-0.3, -0.25) is 0 Å². The molecule has 8 nitrogen and oxygen atoms in total. The smallest absolute Gasteiger partial charge is 0.358 e. The van der Waals surface area contributed by atoms with E-state index in [0.29, 0.717) is 12.4 Å². The van der Waals surface area contributed by atoms with Crippen LogP contribution in [0.1, 0.15) is 16.3 Å². The van der Waals surface area contributed by atoms with Crippen LogP contribution in [0.15, 0.2) is 18.5 Å². The van der Waals surface area contributed by atoms with E-state index in [1.165, 1.54) is 7.11 Å². The Balaban J connectivity index is 1.86. The first-order chi connectivity index (χ1) is 9.20. The van der Waals surface area contributed by atoms with E-state index in [9.17, 15) is 4.79 Å². The first-order valence-corrected chi connectivity index (χ1v) is 5.69. The number of carbonyl (C=O) groups is 1. The number of esters is 1. The molecule has 0 radical (unpaired) electrons. The topological polar surface area (TPSA) is 94.8 Å². The minimum absolute atomic E-state index is 0.182. The first-order valence-electron chi connectivity index (χ1n) is 5.69. The maximum absolute atomic E-state index is 11.2. The van der Waals surface area contributed by atoms with Crippen LogP contribution in [0.25, 0.3) is 0 Å². The minimum atomic E-state index is -0.502. The highest BCUT2D eigenvalue weighted by Crippen LogP contribution is 2.03. The summed E-state index contributed by atoms with van der Waals surface area (Å²) in [5.41, 5.74) is 0.182. The lowest BCUT2D eigenvalue weighted by Crippen LogP contribution is -2.11. The second kappa shape index (κ2) is 5.89. The molecule has 1 N–H and O–H groups in total. The Hall–Kier alpha value is -2.51. The van der Waals surface area contributed by atoms with E-state index in [4.69, 9.17) is 0 Å². The number of nitrogens with zero attached hydrogens (tertiary/aromatic N) is 5. The average molecular weight is 262 g/mol. The van der Waals surface area contributed by atoms with Crippen molar-refractivity contribution >= 4 is 11.8 Å². The normalized spacial score (nSPS) is 10.2. The third-order valence-corrected chi connectivity index (χ3v) is 2.52. The van der Waals surface area contributed by atoms with E-state index in [-0.39, 0.29) is 5.69 Å². The Bertz CT molecular complexity index is 551. The maximum atomic E-state index is 11.2. The van der Waals surface area contributed by atoms with E-state index < -0.39 is 5.97 Å². The Kier molecular flexibility index (Phi) is 4.01. The van der Waals surface area contributed by atoms with Crippen molar-refractivity contribution in [2.24, 2.45) is 7.05 Å². The summed E-state index contributed by atoms with van der Waals surface area (Å²) in [4.78, 5) is 11.2. The van der Waals surface area contributed by atoms with Gasteiger partial charge in [0.15, 0.2) is 5.69 Å². The number of hydrogen-bond acceptors (Lipinski definition) is 7. The van der Waals surface area contributed by atoms with Crippen LogP contribution in [-0.4, -0.2) is 44.6 Å². The molecule has 0 bridgehead atoms. The van der Waals surface area contributed by atoms with Gasteiger partial charge in [0.1, 0.15) is 18.0 Å². The molecule has 0 aromatic carbocycles. The van der Waals surface area contributed by atoms with Crippen LogP contribution >= 0.6 is 0 Å². The van der Waals surface area contributed by atoms with Crippen molar-refractivity contribution in [1.82, 2.24) is 25.0 Å². The molecular formula is C11H14N6O2. The quantitative estimate of drug-likeness (QED) is 0.760. The van der Waals surface area contributed by atoms with Crippen molar-refractivity contribution in [3.05, 3.63) is 30.0 Å². The van der Waals surface area contributed by atoms with Crippen LogP contribution in [0.3, 0.4) is 0 Å². The van der Waals surface area contributed by atoms with E-state index in [0.717, 1.165) is 12.2 Å².